The van der Waals surface area contributed by atoms with E-state index in [0.717, 1.165) is 24.8 Å². The summed E-state index contributed by atoms with van der Waals surface area (Å²) in [5.41, 5.74) is -1.15. The number of aliphatic hydroxyl groups is 1. The molecule has 0 radical (unpaired) electrons. The molecule has 6 unspecified atom stereocenters. The zero-order valence-corrected chi connectivity index (χ0v) is 25.7. The third-order valence-corrected chi connectivity index (χ3v) is 11.4. The molecule has 7 nitrogen and oxygen atoms in total. The van der Waals surface area contributed by atoms with Gasteiger partial charge in [0.15, 0.2) is 29.2 Å². The second kappa shape index (κ2) is 11.0. The molecule has 4 aliphatic carbocycles. The van der Waals surface area contributed by atoms with Gasteiger partial charge in [-0.15, -0.1) is 0 Å². The molecule has 0 aromatic heterocycles. The van der Waals surface area contributed by atoms with Crippen LogP contribution in [0, 0.1) is 28.6 Å². The molecule has 4 fully saturated rings. The van der Waals surface area contributed by atoms with E-state index in [9.17, 15) is 14.7 Å². The Labute approximate surface area is 259 Å². The molecule has 1 heterocycles. The molecule has 1 N–H and O–H groups in total. The van der Waals surface area contributed by atoms with Gasteiger partial charge in [0.1, 0.15) is 12.4 Å². The normalized spacial score (nSPS) is 38.6. The molecular formula is C37H42O7. The Bertz CT molecular complexity index is 1500. The van der Waals surface area contributed by atoms with E-state index in [1.807, 2.05) is 54.6 Å². The lowest BCUT2D eigenvalue weighted by atomic mass is 9.46. The maximum atomic E-state index is 14.6. The first-order valence-corrected chi connectivity index (χ1v) is 16.1. The molecule has 2 aromatic rings. The van der Waals surface area contributed by atoms with Gasteiger partial charge in [0, 0.05) is 16.7 Å². The standard InChI is InChI=1S/C37H42O7/c1-4-10-33-43-32-20-27-26-16-15-23-19-24(38)17-18-35(23,2)34(26)28(39)21-36(27,3)37(32,44-33)31(40)22-41-29-13-8-9-14-30(29)42-25-11-6-5-7-12-25/h5-9,11-14,17-19,26-28,32-34,39H,4,10,15-16,20-22H2,1-3H3/t26?,27?,28-,32+,33?,34?,35?,36?,37-/m0/s1. The fourth-order valence-electron chi connectivity index (χ4n) is 9.53. The van der Waals surface area contributed by atoms with Crippen LogP contribution in [-0.2, 0) is 19.1 Å². The minimum Gasteiger partial charge on any atom is -0.482 e. The summed E-state index contributed by atoms with van der Waals surface area (Å²) in [6, 6.07) is 16.8. The van der Waals surface area contributed by atoms with Crippen molar-refractivity contribution in [3.63, 3.8) is 0 Å². The van der Waals surface area contributed by atoms with Gasteiger partial charge in [-0.05, 0) is 80.4 Å². The zero-order valence-electron chi connectivity index (χ0n) is 25.7. The van der Waals surface area contributed by atoms with Crippen LogP contribution in [0.15, 0.2) is 78.4 Å². The Morgan fingerprint density at radius 3 is 2.59 bits per heavy atom. The Morgan fingerprint density at radius 1 is 1.07 bits per heavy atom. The SMILES string of the molecule is CCCC1O[C@@H]2CC3C4CCC5=CC(=O)C=CC5(C)C4[C@@H](O)CC3(C)[C@@]2(C(=O)COc2ccccc2Oc2ccccc2)O1. The molecule has 2 aromatic carbocycles. The molecule has 0 spiro atoms. The Kier molecular flexibility index (Phi) is 7.34. The molecule has 3 saturated carbocycles. The lowest BCUT2D eigenvalue weighted by Gasteiger charge is -2.59. The molecule has 7 heteroatoms. The number of Topliss-reactive ketones (excluding diaryl/α,β-unsaturated/α-hetero) is 1. The first-order valence-electron chi connectivity index (χ1n) is 16.1. The van der Waals surface area contributed by atoms with Crippen LogP contribution in [-0.4, -0.2) is 47.4 Å². The van der Waals surface area contributed by atoms with Crippen molar-refractivity contribution in [3.05, 3.63) is 78.4 Å². The molecule has 1 aliphatic heterocycles. The third kappa shape index (κ3) is 4.42. The topological polar surface area (TPSA) is 91.3 Å². The van der Waals surface area contributed by atoms with Crippen molar-refractivity contribution in [2.24, 2.45) is 28.6 Å². The number of ether oxygens (including phenoxy) is 4. The fourth-order valence-corrected chi connectivity index (χ4v) is 9.53. The Balaban J connectivity index is 1.19. The average molecular weight is 599 g/mol. The van der Waals surface area contributed by atoms with Crippen molar-refractivity contribution in [1.29, 1.82) is 0 Å². The van der Waals surface area contributed by atoms with Gasteiger partial charge in [0.05, 0.1) is 12.2 Å². The van der Waals surface area contributed by atoms with E-state index >= 15 is 0 Å². The van der Waals surface area contributed by atoms with Gasteiger partial charge in [-0.1, -0.05) is 69.2 Å². The summed E-state index contributed by atoms with van der Waals surface area (Å²) >= 11 is 0. The van der Waals surface area contributed by atoms with E-state index in [1.165, 1.54) is 0 Å². The minimum atomic E-state index is -1.23. The number of rotatable bonds is 8. The maximum Gasteiger partial charge on any atom is 0.205 e. The number of carbonyl (C=O) groups excluding carboxylic acids is 2. The summed E-state index contributed by atoms with van der Waals surface area (Å²) in [7, 11) is 0. The van der Waals surface area contributed by atoms with Gasteiger partial charge in [-0.25, -0.2) is 0 Å². The summed E-state index contributed by atoms with van der Waals surface area (Å²) in [6.45, 7) is 6.18. The highest BCUT2D eigenvalue weighted by atomic mass is 16.7. The van der Waals surface area contributed by atoms with E-state index in [2.05, 4.69) is 20.8 Å². The number of hydrogen-bond acceptors (Lipinski definition) is 7. The number of aliphatic hydroxyl groups excluding tert-OH is 1. The van der Waals surface area contributed by atoms with Gasteiger partial charge >= 0.3 is 0 Å². The lowest BCUT2D eigenvalue weighted by molar-refractivity contribution is -0.200. The highest BCUT2D eigenvalue weighted by molar-refractivity contribution is 6.01. The summed E-state index contributed by atoms with van der Waals surface area (Å²) in [6.07, 6.45) is 8.23. The van der Waals surface area contributed by atoms with Crippen LogP contribution in [0.2, 0.25) is 0 Å². The van der Waals surface area contributed by atoms with Crippen LogP contribution < -0.4 is 9.47 Å². The van der Waals surface area contributed by atoms with Gasteiger partial charge in [-0.2, -0.15) is 0 Å². The number of carbonyl (C=O) groups is 2. The highest BCUT2D eigenvalue weighted by Gasteiger charge is 2.75. The van der Waals surface area contributed by atoms with Crippen LogP contribution in [0.5, 0.6) is 17.2 Å². The lowest BCUT2D eigenvalue weighted by Crippen LogP contribution is -2.63. The number of benzene rings is 2. The number of ketones is 2. The minimum absolute atomic E-state index is 0.0190. The molecule has 44 heavy (non-hydrogen) atoms. The van der Waals surface area contributed by atoms with Crippen LogP contribution >= 0.6 is 0 Å². The van der Waals surface area contributed by atoms with Gasteiger partial charge < -0.3 is 24.1 Å². The first kappa shape index (κ1) is 29.5. The predicted octanol–water partition coefficient (Wildman–Crippen LogP) is 6.60. The third-order valence-electron chi connectivity index (χ3n) is 11.4. The number of para-hydroxylation sites is 3. The Hall–Kier alpha value is -3.26. The van der Waals surface area contributed by atoms with Crippen molar-refractivity contribution in [1.82, 2.24) is 0 Å². The summed E-state index contributed by atoms with van der Waals surface area (Å²) in [5.74, 6) is 1.78. The maximum absolute atomic E-state index is 14.6. The Morgan fingerprint density at radius 2 is 1.82 bits per heavy atom. The number of allylic oxidation sites excluding steroid dienone is 4. The van der Waals surface area contributed by atoms with E-state index < -0.39 is 29.5 Å². The van der Waals surface area contributed by atoms with Crippen molar-refractivity contribution < 1.29 is 33.6 Å². The summed E-state index contributed by atoms with van der Waals surface area (Å²) in [5, 5.41) is 12.0. The van der Waals surface area contributed by atoms with Crippen LogP contribution in [0.1, 0.15) is 59.3 Å². The number of hydrogen-bond donors (Lipinski definition) is 1. The quantitative estimate of drug-likeness (QED) is 0.366. The molecule has 5 aliphatic rings. The molecule has 1 saturated heterocycles. The van der Waals surface area contributed by atoms with E-state index in [4.69, 9.17) is 18.9 Å². The zero-order chi connectivity index (χ0) is 30.7. The molecule has 9 atom stereocenters. The predicted molar refractivity (Wildman–Crippen MR) is 164 cm³/mol. The van der Waals surface area contributed by atoms with E-state index in [1.54, 1.807) is 18.2 Å². The smallest absolute Gasteiger partial charge is 0.205 e. The van der Waals surface area contributed by atoms with Crippen LogP contribution in [0.25, 0.3) is 0 Å². The van der Waals surface area contributed by atoms with Crippen LogP contribution in [0.3, 0.4) is 0 Å². The van der Waals surface area contributed by atoms with Gasteiger partial charge in [0.2, 0.25) is 5.78 Å². The molecule has 232 valence electrons. The molecule has 0 amide bonds. The van der Waals surface area contributed by atoms with Crippen molar-refractivity contribution >= 4 is 11.6 Å². The first-order chi connectivity index (χ1) is 21.2. The van der Waals surface area contributed by atoms with Crippen molar-refractivity contribution in [2.45, 2.75) is 83.4 Å². The molecule has 0 bridgehead atoms. The largest absolute Gasteiger partial charge is 0.482 e. The fraction of sp³-hybridized carbons (Fsp3) is 0.514. The van der Waals surface area contributed by atoms with Gasteiger partial charge in [0.25, 0.3) is 0 Å². The highest BCUT2D eigenvalue weighted by Crippen LogP contribution is 2.69. The second-order valence-corrected chi connectivity index (χ2v) is 13.7. The average Bonchev–Trinajstić information content (AvgIpc) is 3.49. The second-order valence-electron chi connectivity index (χ2n) is 13.7. The van der Waals surface area contributed by atoms with E-state index in [0.29, 0.717) is 36.5 Å². The van der Waals surface area contributed by atoms with Crippen molar-refractivity contribution in [2.75, 3.05) is 6.61 Å². The summed E-state index contributed by atoms with van der Waals surface area (Å²) in [4.78, 5) is 26.8. The molecular weight excluding hydrogens is 556 g/mol. The summed E-state index contributed by atoms with van der Waals surface area (Å²) < 4.78 is 25.6. The van der Waals surface area contributed by atoms with Crippen LogP contribution in [0.4, 0.5) is 0 Å². The van der Waals surface area contributed by atoms with Gasteiger partial charge in [-0.3, -0.25) is 9.59 Å². The van der Waals surface area contributed by atoms with E-state index in [-0.39, 0.29) is 41.3 Å². The molecule has 7 rings (SSSR count). The van der Waals surface area contributed by atoms with Crippen molar-refractivity contribution in [3.8, 4) is 17.2 Å². The number of fused-ring (bicyclic) bond motifs is 7. The monoisotopic (exact) mass is 598 g/mol.